The van der Waals surface area contributed by atoms with Crippen molar-refractivity contribution in [1.82, 2.24) is 10.2 Å². The Hall–Kier alpha value is -2.78. The Morgan fingerprint density at radius 3 is 2.55 bits per heavy atom. The van der Waals surface area contributed by atoms with Crippen LogP contribution in [0.3, 0.4) is 0 Å². The van der Waals surface area contributed by atoms with Crippen LogP contribution in [-0.4, -0.2) is 37.2 Å². The van der Waals surface area contributed by atoms with Crippen LogP contribution in [0.1, 0.15) is 23.4 Å². The Bertz CT molecular complexity index is 910. The first-order chi connectivity index (χ1) is 13.9. The molecule has 1 aliphatic rings. The SMILES string of the molecule is COCCOC(=O)C1=C(C)N(Cc2cccs2)C(=O)NC1c1c(F)cccc1F. The van der Waals surface area contributed by atoms with Gasteiger partial charge in [-0.15, -0.1) is 11.3 Å². The number of carbonyl (C=O) groups is 2. The van der Waals surface area contributed by atoms with E-state index >= 15 is 0 Å². The molecule has 1 unspecified atom stereocenters. The number of allylic oxidation sites excluding steroid dienone is 1. The molecule has 0 spiro atoms. The number of hydrogen-bond donors (Lipinski definition) is 1. The molecule has 1 N–H and O–H groups in total. The van der Waals surface area contributed by atoms with Crippen LogP contribution >= 0.6 is 11.3 Å². The van der Waals surface area contributed by atoms with Gasteiger partial charge in [0.25, 0.3) is 0 Å². The summed E-state index contributed by atoms with van der Waals surface area (Å²) in [5.74, 6) is -2.50. The lowest BCUT2D eigenvalue weighted by Gasteiger charge is -2.35. The van der Waals surface area contributed by atoms with E-state index in [1.807, 2.05) is 17.5 Å². The zero-order valence-electron chi connectivity index (χ0n) is 15.9. The summed E-state index contributed by atoms with van der Waals surface area (Å²) in [5, 5.41) is 4.42. The molecule has 154 valence electrons. The molecule has 2 amide bonds. The van der Waals surface area contributed by atoms with Gasteiger partial charge in [-0.3, -0.25) is 4.90 Å². The third kappa shape index (κ3) is 4.46. The van der Waals surface area contributed by atoms with Crippen molar-refractivity contribution in [2.75, 3.05) is 20.3 Å². The number of benzene rings is 1. The van der Waals surface area contributed by atoms with Gasteiger partial charge in [-0.25, -0.2) is 18.4 Å². The Balaban J connectivity index is 2.04. The van der Waals surface area contributed by atoms with E-state index in [4.69, 9.17) is 9.47 Å². The van der Waals surface area contributed by atoms with Crippen LogP contribution in [0.5, 0.6) is 0 Å². The third-order valence-electron chi connectivity index (χ3n) is 4.52. The number of rotatable bonds is 7. The molecule has 0 aliphatic carbocycles. The Morgan fingerprint density at radius 2 is 1.93 bits per heavy atom. The molecule has 1 aromatic heterocycles. The fourth-order valence-corrected chi connectivity index (χ4v) is 3.79. The number of nitrogens with one attached hydrogen (secondary N) is 1. The molecule has 9 heteroatoms. The molecule has 29 heavy (non-hydrogen) atoms. The summed E-state index contributed by atoms with van der Waals surface area (Å²) >= 11 is 1.45. The predicted molar refractivity (Wildman–Crippen MR) is 103 cm³/mol. The van der Waals surface area contributed by atoms with Crippen molar-refractivity contribution in [2.45, 2.75) is 19.5 Å². The van der Waals surface area contributed by atoms with Crippen LogP contribution in [0.4, 0.5) is 13.6 Å². The Kier molecular flexibility index (Phi) is 6.60. The van der Waals surface area contributed by atoms with E-state index in [2.05, 4.69) is 5.32 Å². The molecule has 2 heterocycles. The molecule has 1 aliphatic heterocycles. The highest BCUT2D eigenvalue weighted by Crippen LogP contribution is 2.34. The van der Waals surface area contributed by atoms with Gasteiger partial charge in [-0.1, -0.05) is 12.1 Å². The molecular formula is C20H20F2N2O4S. The van der Waals surface area contributed by atoms with Crippen LogP contribution < -0.4 is 5.32 Å². The number of esters is 1. The third-order valence-corrected chi connectivity index (χ3v) is 5.38. The predicted octanol–water partition coefficient (Wildman–Crippen LogP) is 3.76. The minimum absolute atomic E-state index is 0.0266. The number of methoxy groups -OCH3 is 1. The monoisotopic (exact) mass is 422 g/mol. The standard InChI is InChI=1S/C20H20F2N2O4S/c1-12-16(19(25)28-9-8-27-2)18(17-14(21)6-3-7-15(17)22)23-20(26)24(12)11-13-5-4-10-29-13/h3-7,10,18H,8-9,11H2,1-2H3,(H,23,26). The lowest BCUT2D eigenvalue weighted by molar-refractivity contribution is -0.140. The highest BCUT2D eigenvalue weighted by Gasteiger charge is 2.39. The van der Waals surface area contributed by atoms with Gasteiger partial charge < -0.3 is 14.8 Å². The molecule has 1 aromatic carbocycles. The number of thiophene rings is 1. The van der Waals surface area contributed by atoms with Gasteiger partial charge in [0.05, 0.1) is 30.3 Å². The van der Waals surface area contributed by atoms with E-state index in [0.717, 1.165) is 17.0 Å². The fraction of sp³-hybridized carbons (Fsp3) is 0.300. The summed E-state index contributed by atoms with van der Waals surface area (Å²) in [6, 6.07) is 5.20. The number of amides is 2. The number of carbonyl (C=O) groups excluding carboxylic acids is 2. The first-order valence-corrected chi connectivity index (χ1v) is 9.73. The zero-order chi connectivity index (χ0) is 21.0. The molecule has 2 aromatic rings. The quantitative estimate of drug-likeness (QED) is 0.545. The number of hydrogen-bond acceptors (Lipinski definition) is 5. The van der Waals surface area contributed by atoms with Crippen molar-refractivity contribution in [2.24, 2.45) is 0 Å². The van der Waals surface area contributed by atoms with Crippen molar-refractivity contribution >= 4 is 23.3 Å². The second-order valence-corrected chi connectivity index (χ2v) is 7.34. The topological polar surface area (TPSA) is 67.9 Å². The van der Waals surface area contributed by atoms with Gasteiger partial charge in [-0.05, 0) is 30.5 Å². The molecular weight excluding hydrogens is 402 g/mol. The van der Waals surface area contributed by atoms with E-state index in [0.29, 0.717) is 0 Å². The number of ether oxygens (including phenoxy) is 2. The average molecular weight is 422 g/mol. The maximum Gasteiger partial charge on any atom is 0.338 e. The molecule has 0 bridgehead atoms. The van der Waals surface area contributed by atoms with E-state index < -0.39 is 35.2 Å². The van der Waals surface area contributed by atoms with E-state index in [1.54, 1.807) is 6.92 Å². The number of halogens is 2. The molecule has 3 rings (SSSR count). The van der Waals surface area contributed by atoms with Crippen LogP contribution in [0.15, 0.2) is 47.0 Å². The summed E-state index contributed by atoms with van der Waals surface area (Å²) in [6.45, 7) is 1.92. The average Bonchev–Trinajstić information content (AvgIpc) is 3.18. The van der Waals surface area contributed by atoms with Gasteiger partial charge in [0.1, 0.15) is 18.2 Å². The molecule has 0 saturated heterocycles. The van der Waals surface area contributed by atoms with Crippen molar-refractivity contribution in [3.8, 4) is 0 Å². The maximum absolute atomic E-state index is 14.4. The van der Waals surface area contributed by atoms with Crippen molar-refractivity contribution in [3.63, 3.8) is 0 Å². The lowest BCUT2D eigenvalue weighted by Crippen LogP contribution is -2.48. The van der Waals surface area contributed by atoms with Crippen LogP contribution in [0.25, 0.3) is 0 Å². The summed E-state index contributed by atoms with van der Waals surface area (Å²) in [5.41, 5.74) is -0.159. The van der Waals surface area contributed by atoms with Crippen LogP contribution in [0, 0.1) is 11.6 Å². The molecule has 0 saturated carbocycles. The van der Waals surface area contributed by atoms with Crippen molar-refractivity contribution < 1.29 is 27.8 Å². The highest BCUT2D eigenvalue weighted by molar-refractivity contribution is 7.09. The largest absolute Gasteiger partial charge is 0.460 e. The normalized spacial score (nSPS) is 16.8. The number of nitrogens with zero attached hydrogens (tertiary/aromatic N) is 1. The lowest BCUT2D eigenvalue weighted by atomic mass is 9.94. The summed E-state index contributed by atoms with van der Waals surface area (Å²) in [6.07, 6.45) is 0. The second-order valence-electron chi connectivity index (χ2n) is 6.31. The van der Waals surface area contributed by atoms with Gasteiger partial charge in [0.15, 0.2) is 0 Å². The first-order valence-electron chi connectivity index (χ1n) is 8.85. The Labute approximate surface area is 170 Å². The summed E-state index contributed by atoms with van der Waals surface area (Å²) in [4.78, 5) is 27.8. The molecule has 0 fully saturated rings. The van der Waals surface area contributed by atoms with Gasteiger partial charge >= 0.3 is 12.0 Å². The van der Waals surface area contributed by atoms with Gasteiger partial charge in [-0.2, -0.15) is 0 Å². The smallest absolute Gasteiger partial charge is 0.338 e. The first kappa shape index (κ1) is 20.9. The fourth-order valence-electron chi connectivity index (χ4n) is 3.09. The molecule has 6 nitrogen and oxygen atoms in total. The highest BCUT2D eigenvalue weighted by atomic mass is 32.1. The van der Waals surface area contributed by atoms with E-state index in [-0.39, 0.29) is 31.0 Å². The van der Waals surface area contributed by atoms with Crippen molar-refractivity contribution in [1.29, 1.82) is 0 Å². The minimum atomic E-state index is -1.31. The van der Waals surface area contributed by atoms with Crippen LogP contribution in [0.2, 0.25) is 0 Å². The second kappa shape index (κ2) is 9.15. The summed E-state index contributed by atoms with van der Waals surface area (Å²) < 4.78 is 38.9. The van der Waals surface area contributed by atoms with E-state index in [1.165, 1.54) is 29.4 Å². The van der Waals surface area contributed by atoms with Gasteiger partial charge in [0.2, 0.25) is 0 Å². The molecule has 0 radical (unpaired) electrons. The molecule has 1 atom stereocenters. The maximum atomic E-state index is 14.4. The zero-order valence-corrected chi connectivity index (χ0v) is 16.7. The Morgan fingerprint density at radius 1 is 1.21 bits per heavy atom. The number of urea groups is 1. The van der Waals surface area contributed by atoms with Crippen molar-refractivity contribution in [3.05, 3.63) is 69.1 Å². The summed E-state index contributed by atoms with van der Waals surface area (Å²) in [7, 11) is 1.46. The van der Waals surface area contributed by atoms with E-state index in [9.17, 15) is 18.4 Å². The van der Waals surface area contributed by atoms with Gasteiger partial charge in [0, 0.05) is 17.7 Å². The van der Waals surface area contributed by atoms with Crippen LogP contribution in [-0.2, 0) is 20.8 Å². The minimum Gasteiger partial charge on any atom is -0.460 e.